The van der Waals surface area contributed by atoms with Gasteiger partial charge in [0.05, 0.1) is 18.0 Å². The lowest BCUT2D eigenvalue weighted by atomic mass is 9.77. The van der Waals surface area contributed by atoms with Crippen LogP contribution < -0.4 is 14.4 Å². The summed E-state index contributed by atoms with van der Waals surface area (Å²) in [5.74, 6) is -0.793. The highest BCUT2D eigenvalue weighted by Gasteiger charge is 2.47. The number of carbonyl (C=O) groups is 3. The molecule has 2 aromatic carbocycles. The molecule has 4 atom stereocenters. The van der Waals surface area contributed by atoms with Crippen molar-refractivity contribution in [3.63, 3.8) is 0 Å². The summed E-state index contributed by atoms with van der Waals surface area (Å²) in [6.07, 6.45) is 0.913. The third-order valence-electron chi connectivity index (χ3n) is 8.89. The zero-order valence-corrected chi connectivity index (χ0v) is 24.1. The highest BCUT2D eigenvalue weighted by Crippen LogP contribution is 2.50. The molecule has 41 heavy (non-hydrogen) atoms. The van der Waals surface area contributed by atoms with E-state index >= 15 is 0 Å². The second kappa shape index (κ2) is 10.4. The van der Waals surface area contributed by atoms with E-state index in [1.54, 1.807) is 4.90 Å². The summed E-state index contributed by atoms with van der Waals surface area (Å²) in [4.78, 5) is 43.3. The smallest absolute Gasteiger partial charge is 0.308 e. The molecule has 2 amide bonds. The van der Waals surface area contributed by atoms with Crippen molar-refractivity contribution in [3.8, 4) is 11.5 Å². The number of carbonyl (C=O) groups excluding carboxylic acids is 2. The summed E-state index contributed by atoms with van der Waals surface area (Å²) in [6.45, 7) is 9.19. The molecule has 1 saturated heterocycles. The first kappa shape index (κ1) is 27.6. The lowest BCUT2D eigenvalue weighted by molar-refractivity contribution is -0.149. The summed E-state index contributed by atoms with van der Waals surface area (Å²) >= 11 is 0. The maximum Gasteiger partial charge on any atom is 0.308 e. The molecule has 9 nitrogen and oxygen atoms in total. The normalized spacial score (nSPS) is 25.5. The quantitative estimate of drug-likeness (QED) is 0.580. The Balaban J connectivity index is 1.45. The van der Waals surface area contributed by atoms with Crippen LogP contribution in [0.4, 0.5) is 5.69 Å². The lowest BCUT2D eigenvalue weighted by Gasteiger charge is -2.45. The average molecular weight is 563 g/mol. The third-order valence-corrected chi connectivity index (χ3v) is 8.89. The first-order valence-electron chi connectivity index (χ1n) is 14.5. The molecule has 4 heterocycles. The molecule has 2 aromatic rings. The minimum Gasteiger partial charge on any atom is -0.481 e. The van der Waals surface area contributed by atoms with Crippen LogP contribution in [0.5, 0.6) is 11.5 Å². The largest absolute Gasteiger partial charge is 0.481 e. The van der Waals surface area contributed by atoms with E-state index in [0.717, 1.165) is 40.8 Å². The number of carboxylic acids is 1. The first-order chi connectivity index (χ1) is 19.5. The Morgan fingerprint density at radius 1 is 1.10 bits per heavy atom. The van der Waals surface area contributed by atoms with Gasteiger partial charge in [0.2, 0.25) is 12.7 Å². The fourth-order valence-electron chi connectivity index (χ4n) is 6.91. The maximum absolute atomic E-state index is 14.5. The van der Waals surface area contributed by atoms with Gasteiger partial charge in [-0.2, -0.15) is 0 Å². The molecule has 4 aliphatic rings. The van der Waals surface area contributed by atoms with Crippen LogP contribution in [0.2, 0.25) is 0 Å². The van der Waals surface area contributed by atoms with Crippen LogP contribution in [0, 0.1) is 18.3 Å². The van der Waals surface area contributed by atoms with Gasteiger partial charge in [-0.1, -0.05) is 50.6 Å². The van der Waals surface area contributed by atoms with E-state index in [-0.39, 0.29) is 43.0 Å². The van der Waals surface area contributed by atoms with Gasteiger partial charge in [-0.15, -0.1) is 0 Å². The van der Waals surface area contributed by atoms with Gasteiger partial charge in [-0.3, -0.25) is 14.4 Å². The summed E-state index contributed by atoms with van der Waals surface area (Å²) in [6, 6.07) is 9.80. The van der Waals surface area contributed by atoms with E-state index in [4.69, 9.17) is 14.2 Å². The van der Waals surface area contributed by atoms with Crippen LogP contribution in [0.1, 0.15) is 74.8 Å². The van der Waals surface area contributed by atoms with Crippen molar-refractivity contribution < 1.29 is 33.7 Å². The van der Waals surface area contributed by atoms with Crippen molar-refractivity contribution in [1.29, 1.82) is 0 Å². The average Bonchev–Trinajstić information content (AvgIpc) is 3.38. The van der Waals surface area contributed by atoms with Crippen molar-refractivity contribution in [1.82, 2.24) is 4.90 Å². The van der Waals surface area contributed by atoms with Gasteiger partial charge in [0, 0.05) is 30.3 Å². The summed E-state index contributed by atoms with van der Waals surface area (Å²) < 4.78 is 18.3. The van der Waals surface area contributed by atoms with Crippen molar-refractivity contribution >= 4 is 23.5 Å². The molecule has 0 radical (unpaired) electrons. The molecular formula is C32H38N2O7. The molecule has 0 unspecified atom stereocenters. The number of likely N-dealkylation sites (tertiary alicyclic amines) is 1. The van der Waals surface area contributed by atoms with Crippen LogP contribution in [-0.2, 0) is 25.5 Å². The molecule has 0 aliphatic carbocycles. The highest BCUT2D eigenvalue weighted by atomic mass is 16.7. The summed E-state index contributed by atoms with van der Waals surface area (Å²) in [7, 11) is 0. The molecule has 0 bridgehead atoms. The minimum atomic E-state index is -1.06. The second-order valence-corrected chi connectivity index (χ2v) is 12.8. The zero-order chi connectivity index (χ0) is 29.1. The Morgan fingerprint density at radius 3 is 2.66 bits per heavy atom. The molecule has 0 saturated carbocycles. The monoisotopic (exact) mass is 562 g/mol. The number of aliphatic carboxylic acids is 1. The molecule has 1 N–H and O–H groups in total. The Kier molecular flexibility index (Phi) is 6.96. The number of nitrogens with zero attached hydrogens (tertiary/aromatic N) is 2. The van der Waals surface area contributed by atoms with Crippen molar-refractivity contribution in [2.45, 2.75) is 78.0 Å². The second-order valence-electron chi connectivity index (χ2n) is 12.8. The number of carboxylic acid groups (broad SMARTS) is 1. The number of rotatable bonds is 4. The van der Waals surface area contributed by atoms with Gasteiger partial charge >= 0.3 is 5.97 Å². The predicted octanol–water partition coefficient (Wildman–Crippen LogP) is 4.62. The fourth-order valence-corrected chi connectivity index (χ4v) is 6.91. The molecule has 0 aromatic heterocycles. The first-order valence-corrected chi connectivity index (χ1v) is 14.5. The van der Waals surface area contributed by atoms with Crippen LogP contribution in [0.15, 0.2) is 30.3 Å². The van der Waals surface area contributed by atoms with E-state index < -0.39 is 24.1 Å². The number of piperidine rings is 1. The van der Waals surface area contributed by atoms with Gasteiger partial charge in [0.25, 0.3) is 5.91 Å². The van der Waals surface area contributed by atoms with E-state index in [9.17, 15) is 19.5 Å². The number of hydrogen-bond donors (Lipinski definition) is 1. The van der Waals surface area contributed by atoms with Crippen molar-refractivity contribution in [3.05, 3.63) is 52.6 Å². The SMILES string of the molecule is Cc1cc2c3c(c1)[C@@H](c1cccc4c1OCO4)O[C@H](CC(=O)N1CCC[C@@H](C(=O)O)C1)C(=O)N3[C@H](C(C)(C)C)CC2. The van der Waals surface area contributed by atoms with Gasteiger partial charge < -0.3 is 29.1 Å². The van der Waals surface area contributed by atoms with Crippen LogP contribution in [0.25, 0.3) is 0 Å². The molecule has 218 valence electrons. The van der Waals surface area contributed by atoms with Crippen LogP contribution in [-0.4, -0.2) is 59.8 Å². The van der Waals surface area contributed by atoms with Crippen molar-refractivity contribution in [2.24, 2.45) is 11.3 Å². The lowest BCUT2D eigenvalue weighted by Crippen LogP contribution is -2.54. The number of benzene rings is 2. The standard InChI is InChI=1S/C32H38N2O7/c1-18-13-19-10-11-25(32(2,3)4)34-27(19)22(14-18)28(21-8-5-9-23-29(21)40-17-39-23)41-24(30(34)36)15-26(35)33-12-6-7-20(16-33)31(37)38/h5,8-9,13-14,20,24-25,28H,6-7,10-12,15-17H2,1-4H3,(H,37,38)/t20-,24-,25+,28-/m1/s1. The molecule has 6 rings (SSSR count). The number of para-hydroxylation sites is 1. The van der Waals surface area contributed by atoms with Crippen LogP contribution in [0.3, 0.4) is 0 Å². The molecule has 4 aliphatic heterocycles. The predicted molar refractivity (Wildman–Crippen MR) is 151 cm³/mol. The molecule has 1 fully saturated rings. The Labute approximate surface area is 240 Å². The van der Waals surface area contributed by atoms with E-state index in [2.05, 4.69) is 32.9 Å². The number of anilines is 1. The topological polar surface area (TPSA) is 106 Å². The van der Waals surface area contributed by atoms with Crippen molar-refractivity contribution in [2.75, 3.05) is 24.8 Å². The molecule has 0 spiro atoms. The number of hydrogen-bond acceptors (Lipinski definition) is 6. The highest BCUT2D eigenvalue weighted by molar-refractivity contribution is 6.02. The van der Waals surface area contributed by atoms with Crippen LogP contribution >= 0.6 is 0 Å². The molecular weight excluding hydrogens is 524 g/mol. The van der Waals surface area contributed by atoms with E-state index in [1.807, 2.05) is 30.0 Å². The fraction of sp³-hybridized carbons (Fsp3) is 0.531. The number of fused-ring (bicyclic) bond motifs is 1. The maximum atomic E-state index is 14.5. The number of amides is 2. The van der Waals surface area contributed by atoms with Gasteiger partial charge in [0.15, 0.2) is 11.5 Å². The Bertz CT molecular complexity index is 1400. The van der Waals surface area contributed by atoms with E-state index in [0.29, 0.717) is 30.9 Å². The van der Waals surface area contributed by atoms with Gasteiger partial charge in [0.1, 0.15) is 12.2 Å². The summed E-state index contributed by atoms with van der Waals surface area (Å²) in [5, 5.41) is 9.56. The third kappa shape index (κ3) is 4.94. The zero-order valence-electron chi connectivity index (χ0n) is 24.1. The minimum absolute atomic E-state index is 0.0867. The number of aryl methyl sites for hydroxylation is 2. The number of ether oxygens (including phenoxy) is 3. The Morgan fingerprint density at radius 2 is 1.90 bits per heavy atom. The Hall–Kier alpha value is -3.59. The summed E-state index contributed by atoms with van der Waals surface area (Å²) in [5.41, 5.74) is 4.45. The van der Waals surface area contributed by atoms with E-state index in [1.165, 1.54) is 0 Å². The van der Waals surface area contributed by atoms with Gasteiger partial charge in [-0.25, -0.2) is 0 Å². The molecule has 9 heteroatoms. The van der Waals surface area contributed by atoms with Gasteiger partial charge in [-0.05, 0) is 49.7 Å².